The van der Waals surface area contributed by atoms with Crippen LogP contribution in [0.4, 0.5) is 19.0 Å². The third kappa shape index (κ3) is 3.83. The SMILES string of the molecule is Cn1cc(S(=O)(=O)N2CCCN(c3ccc(C(F)(F)F)cn3)CC2)cn1. The van der Waals surface area contributed by atoms with E-state index in [-0.39, 0.29) is 11.4 Å². The standard InChI is InChI=1S/C15H18F3N5O2S/c1-21-11-13(10-20-21)26(24,25)23-6-2-5-22(7-8-23)14-4-3-12(9-19-14)15(16,17)18/h3-4,9-11H,2,5-8H2,1H3. The number of anilines is 1. The van der Waals surface area contributed by atoms with Crippen LogP contribution in [0.2, 0.25) is 0 Å². The third-order valence-corrected chi connectivity index (χ3v) is 6.02. The lowest BCUT2D eigenvalue weighted by Crippen LogP contribution is -2.35. The van der Waals surface area contributed by atoms with Gasteiger partial charge in [-0.1, -0.05) is 0 Å². The molecule has 2 aromatic heterocycles. The van der Waals surface area contributed by atoms with Gasteiger partial charge in [-0.05, 0) is 18.6 Å². The Morgan fingerprint density at radius 2 is 1.85 bits per heavy atom. The molecule has 1 aliphatic rings. The first kappa shape index (κ1) is 18.6. The summed E-state index contributed by atoms with van der Waals surface area (Å²) in [6, 6.07) is 2.30. The molecular weight excluding hydrogens is 371 g/mol. The summed E-state index contributed by atoms with van der Waals surface area (Å²) in [5, 5.41) is 3.89. The summed E-state index contributed by atoms with van der Waals surface area (Å²) in [7, 11) is -2.00. The normalized spacial score (nSPS) is 17.3. The monoisotopic (exact) mass is 389 g/mol. The van der Waals surface area contributed by atoms with Gasteiger partial charge in [0.25, 0.3) is 0 Å². The minimum Gasteiger partial charge on any atom is -0.355 e. The molecule has 0 saturated carbocycles. The smallest absolute Gasteiger partial charge is 0.355 e. The van der Waals surface area contributed by atoms with Crippen molar-refractivity contribution in [3.8, 4) is 0 Å². The summed E-state index contributed by atoms with van der Waals surface area (Å²) in [6.45, 7) is 1.41. The number of aromatic nitrogens is 3. The molecule has 3 rings (SSSR count). The average Bonchev–Trinajstić information content (AvgIpc) is 2.88. The van der Waals surface area contributed by atoms with Crippen molar-refractivity contribution in [1.29, 1.82) is 0 Å². The van der Waals surface area contributed by atoms with Crippen LogP contribution in [0.5, 0.6) is 0 Å². The highest BCUT2D eigenvalue weighted by atomic mass is 32.2. The molecule has 26 heavy (non-hydrogen) atoms. The van der Waals surface area contributed by atoms with Crippen molar-refractivity contribution >= 4 is 15.8 Å². The number of hydrogen-bond acceptors (Lipinski definition) is 5. The third-order valence-electron chi connectivity index (χ3n) is 4.17. The van der Waals surface area contributed by atoms with E-state index < -0.39 is 21.8 Å². The highest BCUT2D eigenvalue weighted by molar-refractivity contribution is 7.89. The molecule has 7 nitrogen and oxygen atoms in total. The molecule has 0 spiro atoms. The Kier molecular flexibility index (Phi) is 4.93. The highest BCUT2D eigenvalue weighted by Crippen LogP contribution is 2.29. The zero-order valence-corrected chi connectivity index (χ0v) is 14.8. The fourth-order valence-corrected chi connectivity index (χ4v) is 4.24. The molecule has 142 valence electrons. The lowest BCUT2D eigenvalue weighted by molar-refractivity contribution is -0.137. The number of pyridine rings is 1. The number of aryl methyl sites for hydroxylation is 1. The van der Waals surface area contributed by atoms with Crippen molar-refractivity contribution in [3.63, 3.8) is 0 Å². The van der Waals surface area contributed by atoms with E-state index in [0.29, 0.717) is 31.9 Å². The first-order valence-electron chi connectivity index (χ1n) is 7.95. The van der Waals surface area contributed by atoms with Crippen molar-refractivity contribution in [1.82, 2.24) is 19.1 Å². The number of alkyl halides is 3. The van der Waals surface area contributed by atoms with Gasteiger partial charge in [0.15, 0.2) is 0 Å². The number of halogens is 3. The van der Waals surface area contributed by atoms with Gasteiger partial charge in [-0.3, -0.25) is 4.68 Å². The Morgan fingerprint density at radius 1 is 1.08 bits per heavy atom. The molecule has 1 saturated heterocycles. The van der Waals surface area contributed by atoms with E-state index in [0.717, 1.165) is 12.3 Å². The average molecular weight is 389 g/mol. The van der Waals surface area contributed by atoms with Gasteiger partial charge < -0.3 is 4.90 Å². The summed E-state index contributed by atoms with van der Waals surface area (Å²) in [5.74, 6) is 0.402. The fourth-order valence-electron chi connectivity index (χ4n) is 2.79. The van der Waals surface area contributed by atoms with E-state index in [4.69, 9.17) is 0 Å². The molecule has 0 N–H and O–H groups in total. The van der Waals surface area contributed by atoms with E-state index >= 15 is 0 Å². The van der Waals surface area contributed by atoms with Gasteiger partial charge in [-0.15, -0.1) is 0 Å². The van der Waals surface area contributed by atoms with E-state index in [1.165, 1.54) is 27.4 Å². The van der Waals surface area contributed by atoms with Crippen molar-refractivity contribution in [2.75, 3.05) is 31.1 Å². The summed E-state index contributed by atoms with van der Waals surface area (Å²) < 4.78 is 66.0. The molecule has 0 amide bonds. The zero-order chi connectivity index (χ0) is 18.9. The van der Waals surface area contributed by atoms with Crippen molar-refractivity contribution < 1.29 is 21.6 Å². The van der Waals surface area contributed by atoms with Gasteiger partial charge in [-0.25, -0.2) is 13.4 Å². The second-order valence-electron chi connectivity index (χ2n) is 6.00. The Labute approximate surface area is 149 Å². The summed E-state index contributed by atoms with van der Waals surface area (Å²) in [5.41, 5.74) is -0.808. The number of hydrogen-bond donors (Lipinski definition) is 0. The minimum atomic E-state index is -4.43. The van der Waals surface area contributed by atoms with Crippen LogP contribution in [0.25, 0.3) is 0 Å². The van der Waals surface area contributed by atoms with E-state index in [1.807, 2.05) is 0 Å². The maximum atomic E-state index is 12.7. The van der Waals surface area contributed by atoms with Crippen LogP contribution in [-0.4, -0.2) is 53.7 Å². The molecule has 0 bridgehead atoms. The van der Waals surface area contributed by atoms with Crippen LogP contribution in [0.3, 0.4) is 0 Å². The van der Waals surface area contributed by atoms with Crippen LogP contribution in [0, 0.1) is 0 Å². The molecule has 11 heteroatoms. The lowest BCUT2D eigenvalue weighted by Gasteiger charge is -2.22. The first-order chi connectivity index (χ1) is 12.2. The molecule has 1 aliphatic heterocycles. The first-order valence-corrected chi connectivity index (χ1v) is 9.39. The van der Waals surface area contributed by atoms with Crippen LogP contribution >= 0.6 is 0 Å². The quantitative estimate of drug-likeness (QED) is 0.800. The van der Waals surface area contributed by atoms with Gasteiger partial charge in [0.05, 0.1) is 11.8 Å². The molecule has 2 aromatic rings. The van der Waals surface area contributed by atoms with Crippen molar-refractivity contribution in [2.45, 2.75) is 17.5 Å². The van der Waals surface area contributed by atoms with Crippen LogP contribution in [-0.2, 0) is 23.2 Å². The maximum absolute atomic E-state index is 12.7. The highest BCUT2D eigenvalue weighted by Gasteiger charge is 2.31. The largest absolute Gasteiger partial charge is 0.417 e. The fraction of sp³-hybridized carbons (Fsp3) is 0.467. The molecule has 0 aromatic carbocycles. The van der Waals surface area contributed by atoms with E-state index in [1.54, 1.807) is 11.9 Å². The lowest BCUT2D eigenvalue weighted by atomic mass is 10.2. The van der Waals surface area contributed by atoms with E-state index in [9.17, 15) is 21.6 Å². The molecule has 3 heterocycles. The van der Waals surface area contributed by atoms with Gasteiger partial charge in [0.1, 0.15) is 10.7 Å². The van der Waals surface area contributed by atoms with Crippen LogP contribution in [0.1, 0.15) is 12.0 Å². The predicted molar refractivity (Wildman–Crippen MR) is 88.0 cm³/mol. The van der Waals surface area contributed by atoms with Crippen molar-refractivity contribution in [2.24, 2.45) is 7.05 Å². The van der Waals surface area contributed by atoms with Gasteiger partial charge in [0.2, 0.25) is 10.0 Å². The topological polar surface area (TPSA) is 71.3 Å². The summed E-state index contributed by atoms with van der Waals surface area (Å²) in [4.78, 5) is 5.80. The second kappa shape index (κ2) is 6.88. The molecular formula is C15H18F3N5O2S. The number of nitrogens with zero attached hydrogens (tertiary/aromatic N) is 5. The molecule has 0 atom stereocenters. The van der Waals surface area contributed by atoms with Gasteiger partial charge in [-0.2, -0.15) is 22.6 Å². The number of rotatable bonds is 3. The summed E-state index contributed by atoms with van der Waals surface area (Å²) in [6.07, 6.45) is -0.351. The van der Waals surface area contributed by atoms with Crippen molar-refractivity contribution in [3.05, 3.63) is 36.3 Å². The molecule has 0 aliphatic carbocycles. The Hall–Kier alpha value is -2.14. The second-order valence-corrected chi connectivity index (χ2v) is 7.94. The number of sulfonamides is 1. The Balaban J connectivity index is 1.72. The molecule has 1 fully saturated rings. The zero-order valence-electron chi connectivity index (χ0n) is 14.0. The molecule has 0 radical (unpaired) electrons. The maximum Gasteiger partial charge on any atom is 0.417 e. The Morgan fingerprint density at radius 3 is 2.42 bits per heavy atom. The predicted octanol–water partition coefficient (Wildman–Crippen LogP) is 1.73. The minimum absolute atomic E-state index is 0.126. The summed E-state index contributed by atoms with van der Waals surface area (Å²) >= 11 is 0. The van der Waals surface area contributed by atoms with Gasteiger partial charge in [0, 0.05) is 45.6 Å². The Bertz CT molecular complexity index is 864. The van der Waals surface area contributed by atoms with E-state index in [2.05, 4.69) is 10.1 Å². The van der Waals surface area contributed by atoms with Crippen LogP contribution in [0.15, 0.2) is 35.6 Å². The van der Waals surface area contributed by atoms with Crippen LogP contribution < -0.4 is 4.90 Å². The van der Waals surface area contributed by atoms with Gasteiger partial charge >= 0.3 is 6.18 Å². The molecule has 0 unspecified atom stereocenters.